The molecule has 0 aromatic carbocycles. The van der Waals surface area contributed by atoms with Crippen LogP contribution < -0.4 is 0 Å². The van der Waals surface area contributed by atoms with Crippen LogP contribution in [0, 0.1) is 62.6 Å². The van der Waals surface area contributed by atoms with E-state index in [-0.39, 0.29) is 7.43 Å². The van der Waals surface area contributed by atoms with Crippen molar-refractivity contribution in [2.45, 2.75) is 133 Å². The molecule has 0 amide bonds. The number of fused-ring (bicyclic) bond motifs is 7. The van der Waals surface area contributed by atoms with Crippen LogP contribution in [0.3, 0.4) is 0 Å². The van der Waals surface area contributed by atoms with Crippen molar-refractivity contribution in [1.29, 1.82) is 0 Å². The van der Waals surface area contributed by atoms with Gasteiger partial charge in [-0.3, -0.25) is 0 Å². The van der Waals surface area contributed by atoms with Crippen molar-refractivity contribution in [3.8, 4) is 0 Å². The molecule has 0 saturated heterocycles. The van der Waals surface area contributed by atoms with Gasteiger partial charge in [-0.1, -0.05) is 74.5 Å². The molecule has 5 aliphatic rings. The van der Waals surface area contributed by atoms with Crippen LogP contribution >= 0.6 is 0 Å². The summed E-state index contributed by atoms with van der Waals surface area (Å²) in [6, 6.07) is 0. The zero-order valence-electron chi connectivity index (χ0n) is 22.9. The first-order chi connectivity index (χ1) is 14.9. The minimum absolute atomic E-state index is 0. The lowest BCUT2D eigenvalue weighted by molar-refractivity contribution is -0.242. The number of allylic oxidation sites excluding steroid dienone is 1. The summed E-state index contributed by atoms with van der Waals surface area (Å²) >= 11 is 0. The predicted octanol–water partition coefficient (Wildman–Crippen LogP) is 10.3. The molecule has 0 nitrogen and oxygen atoms in total. The lowest BCUT2D eigenvalue weighted by atomic mass is 9.32. The maximum atomic E-state index is 4.54. The van der Waals surface area contributed by atoms with E-state index in [1.807, 2.05) is 0 Å². The number of hydrogen-bond donors (Lipinski definition) is 0. The van der Waals surface area contributed by atoms with Crippen molar-refractivity contribution in [3.63, 3.8) is 0 Å². The first kappa shape index (κ1) is 25.8. The third-order valence-electron chi connectivity index (χ3n) is 14.5. The molecule has 10 unspecified atom stereocenters. The first-order valence-electron chi connectivity index (χ1n) is 14.5. The van der Waals surface area contributed by atoms with Crippen molar-refractivity contribution in [1.82, 2.24) is 0 Å². The van der Waals surface area contributed by atoms with Crippen LogP contribution in [0.15, 0.2) is 12.2 Å². The Morgan fingerprint density at radius 3 is 2.12 bits per heavy atom. The summed E-state index contributed by atoms with van der Waals surface area (Å²) in [6.07, 6.45) is 16.2. The van der Waals surface area contributed by atoms with Crippen LogP contribution in [0.4, 0.5) is 0 Å². The fourth-order valence-electron chi connectivity index (χ4n) is 12.1. The van der Waals surface area contributed by atoms with E-state index in [0.29, 0.717) is 27.1 Å². The zero-order valence-corrected chi connectivity index (χ0v) is 22.9. The Morgan fingerprint density at radius 2 is 1.48 bits per heavy atom. The fraction of sp³-hybridized carbons (Fsp3) is 0.939. The fourth-order valence-corrected chi connectivity index (χ4v) is 12.1. The largest absolute Gasteiger partial charge is 0.0998 e. The van der Waals surface area contributed by atoms with Crippen molar-refractivity contribution < 1.29 is 0 Å². The van der Waals surface area contributed by atoms with Crippen LogP contribution in [-0.4, -0.2) is 0 Å². The van der Waals surface area contributed by atoms with Crippen molar-refractivity contribution >= 4 is 0 Å². The summed E-state index contributed by atoms with van der Waals surface area (Å²) in [5.41, 5.74) is 4.24. The van der Waals surface area contributed by atoms with Gasteiger partial charge in [-0.15, -0.1) is 0 Å². The molecule has 10 atom stereocenters. The van der Waals surface area contributed by atoms with Crippen LogP contribution in [0.25, 0.3) is 0 Å². The molecule has 0 heterocycles. The van der Waals surface area contributed by atoms with Crippen LogP contribution in [0.2, 0.25) is 0 Å². The molecule has 0 spiro atoms. The second-order valence-corrected chi connectivity index (χ2v) is 15.2. The lowest BCUT2D eigenvalue weighted by Crippen LogP contribution is -2.66. The Morgan fingerprint density at radius 1 is 0.788 bits per heavy atom. The first-order valence-corrected chi connectivity index (χ1v) is 14.5. The van der Waals surface area contributed by atoms with Gasteiger partial charge in [0.15, 0.2) is 0 Å². The Kier molecular flexibility index (Phi) is 6.16. The van der Waals surface area contributed by atoms with Gasteiger partial charge in [0, 0.05) is 0 Å². The average molecular weight is 455 g/mol. The highest BCUT2D eigenvalue weighted by Gasteiger charge is 2.70. The van der Waals surface area contributed by atoms with Crippen LogP contribution in [0.5, 0.6) is 0 Å². The molecule has 33 heavy (non-hydrogen) atoms. The molecule has 5 saturated carbocycles. The van der Waals surface area contributed by atoms with E-state index < -0.39 is 0 Å². The van der Waals surface area contributed by atoms with E-state index in [0.717, 1.165) is 35.5 Å². The van der Waals surface area contributed by atoms with E-state index in [1.54, 1.807) is 0 Å². The summed E-state index contributed by atoms with van der Waals surface area (Å²) < 4.78 is 0. The van der Waals surface area contributed by atoms with Gasteiger partial charge in [0.2, 0.25) is 0 Å². The van der Waals surface area contributed by atoms with E-state index in [2.05, 4.69) is 62.0 Å². The quantitative estimate of drug-likeness (QED) is 0.364. The van der Waals surface area contributed by atoms with Gasteiger partial charge in [0.05, 0.1) is 0 Å². The second kappa shape index (κ2) is 7.87. The van der Waals surface area contributed by atoms with Crippen molar-refractivity contribution in [2.24, 2.45) is 62.6 Å². The SMILES string of the molecule is C.C=C(C)C1CCC2(CC)CCC3(C)C(CCC4C5(C)CCC(C)C(C)(C)C5CCC43C)C12. The second-order valence-electron chi connectivity index (χ2n) is 15.2. The van der Waals surface area contributed by atoms with Crippen molar-refractivity contribution in [2.75, 3.05) is 0 Å². The predicted molar refractivity (Wildman–Crippen MR) is 145 cm³/mol. The maximum Gasteiger partial charge on any atom is -0.0172 e. The van der Waals surface area contributed by atoms with E-state index >= 15 is 0 Å². The monoisotopic (exact) mass is 454 g/mol. The van der Waals surface area contributed by atoms with Crippen molar-refractivity contribution in [3.05, 3.63) is 12.2 Å². The smallest absolute Gasteiger partial charge is 0.0172 e. The summed E-state index contributed by atoms with van der Waals surface area (Å²) in [6.45, 7) is 25.6. The highest BCUT2D eigenvalue weighted by Crippen LogP contribution is 2.78. The maximum absolute atomic E-state index is 4.54. The zero-order chi connectivity index (χ0) is 23.3. The summed E-state index contributed by atoms with van der Waals surface area (Å²) in [7, 11) is 0. The van der Waals surface area contributed by atoms with Crippen LogP contribution in [0.1, 0.15) is 133 Å². The number of hydrogen-bond acceptors (Lipinski definition) is 0. The summed E-state index contributed by atoms with van der Waals surface area (Å²) in [5, 5.41) is 0. The molecule has 5 fully saturated rings. The molecule has 0 radical (unpaired) electrons. The summed E-state index contributed by atoms with van der Waals surface area (Å²) in [5.74, 6) is 5.37. The molecule has 0 aliphatic heterocycles. The highest BCUT2D eigenvalue weighted by atomic mass is 14.7. The standard InChI is InChI=1S/C32H54.CH4/c1-10-32-18-14-23(21(2)3)27(32)24-11-12-26-29(7)16-13-22(4)28(5,6)25(29)15-17-31(26,9)30(24,8)19-20-32;/h22-27H,2,10-20H2,1,3-9H3;1H4. The van der Waals surface area contributed by atoms with Gasteiger partial charge in [0.1, 0.15) is 0 Å². The van der Waals surface area contributed by atoms with E-state index in [4.69, 9.17) is 0 Å². The third kappa shape index (κ3) is 3.06. The molecule has 0 aromatic rings. The molecular formula is C33H58. The van der Waals surface area contributed by atoms with Gasteiger partial charge in [-0.25, -0.2) is 0 Å². The molecule has 0 N–H and O–H groups in total. The van der Waals surface area contributed by atoms with Gasteiger partial charge < -0.3 is 0 Å². The lowest BCUT2D eigenvalue weighted by Gasteiger charge is -2.73. The van der Waals surface area contributed by atoms with Gasteiger partial charge >= 0.3 is 0 Å². The Labute approximate surface area is 208 Å². The van der Waals surface area contributed by atoms with Gasteiger partial charge in [-0.2, -0.15) is 0 Å². The minimum Gasteiger partial charge on any atom is -0.0998 e. The molecule has 0 heteroatoms. The Hall–Kier alpha value is -0.260. The number of rotatable bonds is 2. The van der Waals surface area contributed by atoms with Crippen LogP contribution in [-0.2, 0) is 0 Å². The molecule has 0 aromatic heterocycles. The van der Waals surface area contributed by atoms with Gasteiger partial charge in [-0.05, 0) is 134 Å². The minimum atomic E-state index is 0. The highest BCUT2D eigenvalue weighted by molar-refractivity contribution is 5.21. The molecule has 190 valence electrons. The Bertz CT molecular complexity index is 775. The molecular weight excluding hydrogens is 396 g/mol. The third-order valence-corrected chi connectivity index (χ3v) is 14.5. The summed E-state index contributed by atoms with van der Waals surface area (Å²) in [4.78, 5) is 0. The Balaban J connectivity index is 0.00000259. The van der Waals surface area contributed by atoms with E-state index in [9.17, 15) is 0 Å². The molecule has 0 bridgehead atoms. The topological polar surface area (TPSA) is 0 Å². The average Bonchev–Trinajstić information content (AvgIpc) is 3.12. The molecule has 5 aliphatic carbocycles. The molecule has 5 rings (SSSR count). The van der Waals surface area contributed by atoms with E-state index in [1.165, 1.54) is 76.2 Å². The van der Waals surface area contributed by atoms with Gasteiger partial charge in [0.25, 0.3) is 0 Å². The normalized spacial score (nSPS) is 54.8.